The Bertz CT molecular complexity index is 874. The molecule has 0 aliphatic carbocycles. The number of amides is 2. The zero-order valence-corrected chi connectivity index (χ0v) is 13.4. The average molecular weight is 337 g/mol. The molecule has 2 N–H and O–H groups in total. The number of carbonyl (C=O) groups is 2. The minimum atomic E-state index is -0.345. The molecule has 3 aromatic rings. The molecule has 0 fully saturated rings. The van der Waals surface area contributed by atoms with E-state index in [1.165, 1.54) is 13.4 Å². The first kappa shape index (κ1) is 16.3. The van der Waals surface area contributed by atoms with Crippen LogP contribution in [0.2, 0.25) is 0 Å². The predicted octanol–water partition coefficient (Wildman–Crippen LogP) is 3.19. The standard InChI is InChI=1S/C18H15N3O4/c1-24-18-14(4-2-10-19-18)16(22)20-12-6-8-13(9-7-12)21-17(23)15-5-3-11-25-15/h2-11H,1H3,(H,20,22)(H,21,23). The van der Waals surface area contributed by atoms with Gasteiger partial charge >= 0.3 is 0 Å². The van der Waals surface area contributed by atoms with Crippen LogP contribution in [-0.4, -0.2) is 23.9 Å². The Morgan fingerprint density at radius 3 is 2.24 bits per heavy atom. The molecule has 2 aromatic heterocycles. The van der Waals surface area contributed by atoms with Crippen molar-refractivity contribution in [2.24, 2.45) is 0 Å². The number of furan rings is 1. The van der Waals surface area contributed by atoms with E-state index in [9.17, 15) is 9.59 Å². The van der Waals surface area contributed by atoms with Gasteiger partial charge in [-0.05, 0) is 48.5 Å². The maximum absolute atomic E-state index is 12.3. The SMILES string of the molecule is COc1ncccc1C(=O)Nc1ccc(NC(=O)c2ccco2)cc1. The van der Waals surface area contributed by atoms with Gasteiger partial charge in [0.2, 0.25) is 5.88 Å². The molecular weight excluding hydrogens is 322 g/mol. The highest BCUT2D eigenvalue weighted by Gasteiger charge is 2.13. The third-order valence-electron chi connectivity index (χ3n) is 3.35. The van der Waals surface area contributed by atoms with Crippen molar-refractivity contribution in [3.63, 3.8) is 0 Å². The van der Waals surface area contributed by atoms with Gasteiger partial charge in [-0.2, -0.15) is 0 Å². The van der Waals surface area contributed by atoms with Crippen molar-refractivity contribution in [1.29, 1.82) is 0 Å². The molecule has 2 heterocycles. The number of hydrogen-bond donors (Lipinski definition) is 2. The molecule has 0 unspecified atom stereocenters. The molecule has 7 heteroatoms. The van der Waals surface area contributed by atoms with E-state index in [1.807, 2.05) is 0 Å². The van der Waals surface area contributed by atoms with Gasteiger partial charge in [-0.25, -0.2) is 4.98 Å². The third kappa shape index (κ3) is 3.84. The summed E-state index contributed by atoms with van der Waals surface area (Å²) in [7, 11) is 1.45. The third-order valence-corrected chi connectivity index (χ3v) is 3.35. The number of benzene rings is 1. The Labute approximate surface area is 143 Å². The van der Waals surface area contributed by atoms with E-state index in [2.05, 4.69) is 15.6 Å². The maximum Gasteiger partial charge on any atom is 0.291 e. The van der Waals surface area contributed by atoms with Gasteiger partial charge in [-0.15, -0.1) is 0 Å². The predicted molar refractivity (Wildman–Crippen MR) is 91.8 cm³/mol. The quantitative estimate of drug-likeness (QED) is 0.746. The number of nitrogens with one attached hydrogen (secondary N) is 2. The Kier molecular flexibility index (Phi) is 4.75. The molecular formula is C18H15N3O4. The highest BCUT2D eigenvalue weighted by atomic mass is 16.5. The van der Waals surface area contributed by atoms with Crippen molar-refractivity contribution < 1.29 is 18.7 Å². The maximum atomic E-state index is 12.3. The van der Waals surface area contributed by atoms with Crippen LogP contribution in [-0.2, 0) is 0 Å². The number of anilines is 2. The monoisotopic (exact) mass is 337 g/mol. The van der Waals surface area contributed by atoms with Gasteiger partial charge in [0.1, 0.15) is 5.56 Å². The summed E-state index contributed by atoms with van der Waals surface area (Å²) in [6, 6.07) is 13.2. The lowest BCUT2D eigenvalue weighted by molar-refractivity contribution is 0.0994. The lowest BCUT2D eigenvalue weighted by Crippen LogP contribution is -2.14. The fourth-order valence-corrected chi connectivity index (χ4v) is 2.16. The lowest BCUT2D eigenvalue weighted by atomic mass is 10.2. The second kappa shape index (κ2) is 7.31. The Balaban J connectivity index is 1.66. The minimum Gasteiger partial charge on any atom is -0.480 e. The van der Waals surface area contributed by atoms with Gasteiger partial charge in [-0.3, -0.25) is 9.59 Å². The molecule has 126 valence electrons. The Morgan fingerprint density at radius 1 is 0.960 bits per heavy atom. The number of rotatable bonds is 5. The zero-order chi connectivity index (χ0) is 17.6. The van der Waals surface area contributed by atoms with E-state index in [-0.39, 0.29) is 23.5 Å². The molecule has 0 bridgehead atoms. The van der Waals surface area contributed by atoms with Gasteiger partial charge in [0.05, 0.1) is 13.4 Å². The Morgan fingerprint density at radius 2 is 1.64 bits per heavy atom. The summed E-state index contributed by atoms with van der Waals surface area (Å²) < 4.78 is 10.1. The lowest BCUT2D eigenvalue weighted by Gasteiger charge is -2.09. The molecule has 0 atom stereocenters. The molecule has 3 rings (SSSR count). The van der Waals surface area contributed by atoms with E-state index in [4.69, 9.17) is 9.15 Å². The summed E-state index contributed by atoms with van der Waals surface area (Å²) in [4.78, 5) is 28.2. The van der Waals surface area contributed by atoms with E-state index >= 15 is 0 Å². The summed E-state index contributed by atoms with van der Waals surface area (Å²) in [5.41, 5.74) is 1.49. The Hall–Kier alpha value is -3.61. The molecule has 0 aliphatic heterocycles. The normalized spacial score (nSPS) is 10.1. The van der Waals surface area contributed by atoms with Crippen molar-refractivity contribution in [3.05, 3.63) is 72.3 Å². The van der Waals surface area contributed by atoms with E-state index in [0.717, 1.165) is 0 Å². The molecule has 2 amide bonds. The van der Waals surface area contributed by atoms with Crippen LogP contribution in [0.1, 0.15) is 20.9 Å². The summed E-state index contributed by atoms with van der Waals surface area (Å²) in [5.74, 6) is -0.206. The van der Waals surface area contributed by atoms with Gasteiger partial charge in [0.25, 0.3) is 11.8 Å². The van der Waals surface area contributed by atoms with Gasteiger partial charge in [0.15, 0.2) is 5.76 Å². The molecule has 0 saturated carbocycles. The molecule has 0 radical (unpaired) electrons. The zero-order valence-electron chi connectivity index (χ0n) is 13.4. The topological polar surface area (TPSA) is 93.5 Å². The molecule has 0 spiro atoms. The molecule has 0 aliphatic rings. The van der Waals surface area contributed by atoms with E-state index < -0.39 is 0 Å². The number of carbonyl (C=O) groups excluding carboxylic acids is 2. The summed E-state index contributed by atoms with van der Waals surface area (Å²) in [6.45, 7) is 0. The highest BCUT2D eigenvalue weighted by molar-refractivity contribution is 6.06. The van der Waals surface area contributed by atoms with Crippen molar-refractivity contribution in [3.8, 4) is 5.88 Å². The minimum absolute atomic E-state index is 0.223. The first-order valence-electron chi connectivity index (χ1n) is 7.42. The van der Waals surface area contributed by atoms with Crippen molar-refractivity contribution in [1.82, 2.24) is 4.98 Å². The molecule has 1 aromatic carbocycles. The molecule has 25 heavy (non-hydrogen) atoms. The number of hydrogen-bond acceptors (Lipinski definition) is 5. The van der Waals surface area contributed by atoms with E-state index in [0.29, 0.717) is 16.9 Å². The van der Waals surface area contributed by atoms with Gasteiger partial charge < -0.3 is 19.8 Å². The van der Waals surface area contributed by atoms with Crippen LogP contribution in [0.15, 0.2) is 65.4 Å². The van der Waals surface area contributed by atoms with Crippen LogP contribution in [0.5, 0.6) is 5.88 Å². The number of pyridine rings is 1. The number of ether oxygens (including phenoxy) is 1. The van der Waals surface area contributed by atoms with Crippen molar-refractivity contribution in [2.45, 2.75) is 0 Å². The molecule has 0 saturated heterocycles. The number of nitrogens with zero attached hydrogens (tertiary/aromatic N) is 1. The van der Waals surface area contributed by atoms with Crippen LogP contribution >= 0.6 is 0 Å². The summed E-state index contributed by atoms with van der Waals surface area (Å²) >= 11 is 0. The van der Waals surface area contributed by atoms with Crippen LogP contribution in [0, 0.1) is 0 Å². The first-order chi connectivity index (χ1) is 12.2. The summed E-state index contributed by atoms with van der Waals surface area (Å²) in [5, 5.41) is 5.45. The summed E-state index contributed by atoms with van der Waals surface area (Å²) in [6.07, 6.45) is 2.98. The van der Waals surface area contributed by atoms with Crippen LogP contribution < -0.4 is 15.4 Å². The largest absolute Gasteiger partial charge is 0.480 e. The molecule has 7 nitrogen and oxygen atoms in total. The smallest absolute Gasteiger partial charge is 0.291 e. The second-order valence-corrected chi connectivity index (χ2v) is 5.02. The van der Waals surface area contributed by atoms with E-state index in [1.54, 1.807) is 54.7 Å². The highest BCUT2D eigenvalue weighted by Crippen LogP contribution is 2.18. The van der Waals surface area contributed by atoms with Crippen LogP contribution in [0.25, 0.3) is 0 Å². The average Bonchev–Trinajstić information content (AvgIpc) is 3.18. The van der Waals surface area contributed by atoms with Crippen molar-refractivity contribution in [2.75, 3.05) is 17.7 Å². The van der Waals surface area contributed by atoms with Crippen LogP contribution in [0.4, 0.5) is 11.4 Å². The van der Waals surface area contributed by atoms with Gasteiger partial charge in [-0.1, -0.05) is 0 Å². The fourth-order valence-electron chi connectivity index (χ4n) is 2.16. The van der Waals surface area contributed by atoms with Crippen molar-refractivity contribution >= 4 is 23.2 Å². The van der Waals surface area contributed by atoms with Crippen LogP contribution in [0.3, 0.4) is 0 Å². The first-order valence-corrected chi connectivity index (χ1v) is 7.42. The fraction of sp³-hybridized carbons (Fsp3) is 0.0556. The second-order valence-electron chi connectivity index (χ2n) is 5.02. The van der Waals surface area contributed by atoms with Gasteiger partial charge in [0, 0.05) is 17.6 Å². The number of methoxy groups -OCH3 is 1. The number of aromatic nitrogens is 1.